The summed E-state index contributed by atoms with van der Waals surface area (Å²) in [7, 11) is -4.06. The summed E-state index contributed by atoms with van der Waals surface area (Å²) < 4.78 is 27.0. The minimum absolute atomic E-state index is 0.0627. The summed E-state index contributed by atoms with van der Waals surface area (Å²) in [6.45, 7) is -0.413. The molecule has 10 nitrogen and oxygen atoms in total. The molecular formula is C21H19N5O5S3. The molecule has 0 spiro atoms. The number of aromatic nitrogens is 2. The van der Waals surface area contributed by atoms with E-state index in [0.29, 0.717) is 10.8 Å². The van der Waals surface area contributed by atoms with Crippen LogP contribution in [0, 0.1) is 0 Å². The second-order valence-electron chi connectivity index (χ2n) is 6.96. The Morgan fingerprint density at radius 3 is 2.62 bits per heavy atom. The Balaban J connectivity index is 1.38. The quantitative estimate of drug-likeness (QED) is 0.217. The zero-order valence-corrected chi connectivity index (χ0v) is 19.8. The molecule has 0 aliphatic rings. The predicted octanol–water partition coefficient (Wildman–Crippen LogP) is 3.10. The number of H-pyrrole nitrogens is 1. The first kappa shape index (κ1) is 23.6. The Hall–Kier alpha value is -3.52. The normalized spacial score (nSPS) is 12.2. The Bertz CT molecular complexity index is 1380. The minimum atomic E-state index is -4.06. The van der Waals surface area contributed by atoms with Gasteiger partial charge in [-0.1, -0.05) is 18.2 Å². The summed E-state index contributed by atoms with van der Waals surface area (Å²) in [5.41, 5.74) is 0.851. The van der Waals surface area contributed by atoms with Crippen molar-refractivity contribution >= 4 is 56.2 Å². The summed E-state index contributed by atoms with van der Waals surface area (Å²) in [6, 6.07) is 11.3. The third-order valence-electron chi connectivity index (χ3n) is 4.55. The molecule has 176 valence electrons. The number of imidazole rings is 1. The Morgan fingerprint density at radius 2 is 1.91 bits per heavy atom. The molecule has 0 aliphatic carbocycles. The number of carbonyl (C=O) groups excluding carboxylic acids is 1. The van der Waals surface area contributed by atoms with Crippen LogP contribution in [0.25, 0.3) is 9.75 Å². The number of aliphatic carboxylic acids is 1. The number of rotatable bonds is 10. The van der Waals surface area contributed by atoms with Gasteiger partial charge in [0.25, 0.3) is 5.91 Å². The SMILES string of the molecule is O=C(NC[C@H](NS(=O)(=O)c1ccccc1)C(=O)O)c1ccc(-c2cc(Nc3ncc[nH]3)cs2)s1. The second-order valence-corrected chi connectivity index (χ2v) is 10.7. The van der Waals surface area contributed by atoms with Crippen LogP contribution in [0.3, 0.4) is 0 Å². The number of amides is 1. The van der Waals surface area contributed by atoms with Gasteiger partial charge in [-0.05, 0) is 30.3 Å². The molecule has 0 radical (unpaired) electrons. The van der Waals surface area contributed by atoms with E-state index in [1.807, 2.05) is 11.4 Å². The number of thiophene rings is 2. The number of carboxylic acid groups (broad SMARTS) is 1. The number of hydrogen-bond acceptors (Lipinski definition) is 8. The molecule has 3 aromatic heterocycles. The average Bonchev–Trinajstić information content (AvgIpc) is 3.59. The number of nitrogens with zero attached hydrogens (tertiary/aromatic N) is 1. The van der Waals surface area contributed by atoms with Crippen LogP contribution >= 0.6 is 22.7 Å². The largest absolute Gasteiger partial charge is 0.480 e. The molecule has 1 aromatic carbocycles. The topological polar surface area (TPSA) is 153 Å². The van der Waals surface area contributed by atoms with Gasteiger partial charge < -0.3 is 20.7 Å². The molecular weight excluding hydrogens is 498 g/mol. The van der Waals surface area contributed by atoms with Gasteiger partial charge in [0, 0.05) is 34.1 Å². The van der Waals surface area contributed by atoms with Gasteiger partial charge >= 0.3 is 5.97 Å². The number of benzene rings is 1. The summed E-state index contributed by atoms with van der Waals surface area (Å²) in [5.74, 6) is -1.28. The summed E-state index contributed by atoms with van der Waals surface area (Å²) in [6.07, 6.45) is 3.35. The lowest BCUT2D eigenvalue weighted by Crippen LogP contribution is -2.48. The molecule has 13 heteroatoms. The molecule has 0 saturated heterocycles. The van der Waals surface area contributed by atoms with E-state index in [-0.39, 0.29) is 4.90 Å². The number of hydrogen-bond donors (Lipinski definition) is 5. The van der Waals surface area contributed by atoms with Gasteiger partial charge in [-0.25, -0.2) is 13.4 Å². The van der Waals surface area contributed by atoms with Crippen molar-refractivity contribution in [2.24, 2.45) is 0 Å². The maximum atomic E-state index is 12.6. The van der Waals surface area contributed by atoms with E-state index < -0.39 is 34.5 Å². The number of aromatic amines is 1. The van der Waals surface area contributed by atoms with Gasteiger partial charge in [-0.2, -0.15) is 4.72 Å². The number of nitrogens with one attached hydrogen (secondary N) is 4. The van der Waals surface area contributed by atoms with Gasteiger partial charge in [0.15, 0.2) is 0 Å². The van der Waals surface area contributed by atoms with Crippen molar-refractivity contribution in [3.63, 3.8) is 0 Å². The van der Waals surface area contributed by atoms with Crippen LogP contribution in [0.5, 0.6) is 0 Å². The molecule has 4 aromatic rings. The van der Waals surface area contributed by atoms with Crippen LogP contribution < -0.4 is 15.4 Å². The molecule has 1 amide bonds. The first-order valence-electron chi connectivity index (χ1n) is 9.85. The molecule has 4 rings (SSSR count). The van der Waals surface area contributed by atoms with E-state index in [4.69, 9.17) is 0 Å². The van der Waals surface area contributed by atoms with Crippen LogP contribution in [-0.4, -0.2) is 48.0 Å². The zero-order chi connectivity index (χ0) is 24.1. The lowest BCUT2D eigenvalue weighted by Gasteiger charge is -2.15. The molecule has 5 N–H and O–H groups in total. The van der Waals surface area contributed by atoms with Crippen molar-refractivity contribution in [1.82, 2.24) is 20.0 Å². The summed E-state index contributed by atoms with van der Waals surface area (Å²) >= 11 is 2.74. The predicted molar refractivity (Wildman–Crippen MR) is 130 cm³/mol. The van der Waals surface area contributed by atoms with E-state index in [9.17, 15) is 23.1 Å². The maximum Gasteiger partial charge on any atom is 0.323 e. The first-order chi connectivity index (χ1) is 16.3. The summed E-state index contributed by atoms with van der Waals surface area (Å²) in [4.78, 5) is 33.3. The minimum Gasteiger partial charge on any atom is -0.480 e. The number of sulfonamides is 1. The maximum absolute atomic E-state index is 12.6. The molecule has 0 aliphatic heterocycles. The van der Waals surface area contributed by atoms with E-state index in [2.05, 4.69) is 25.3 Å². The van der Waals surface area contributed by atoms with E-state index in [0.717, 1.165) is 15.4 Å². The fourth-order valence-electron chi connectivity index (χ4n) is 2.91. The zero-order valence-electron chi connectivity index (χ0n) is 17.4. The Morgan fingerprint density at radius 1 is 1.12 bits per heavy atom. The third kappa shape index (κ3) is 5.69. The van der Waals surface area contributed by atoms with Crippen LogP contribution in [0.4, 0.5) is 11.6 Å². The smallest absolute Gasteiger partial charge is 0.323 e. The van der Waals surface area contributed by atoms with Crippen molar-refractivity contribution in [1.29, 1.82) is 0 Å². The molecule has 0 fully saturated rings. The highest BCUT2D eigenvalue weighted by molar-refractivity contribution is 7.89. The first-order valence-corrected chi connectivity index (χ1v) is 13.0. The highest BCUT2D eigenvalue weighted by Gasteiger charge is 2.26. The fraction of sp³-hybridized carbons (Fsp3) is 0.0952. The van der Waals surface area contributed by atoms with Crippen molar-refractivity contribution in [2.45, 2.75) is 10.9 Å². The highest BCUT2D eigenvalue weighted by Crippen LogP contribution is 2.35. The monoisotopic (exact) mass is 517 g/mol. The second kappa shape index (κ2) is 10.2. The van der Waals surface area contributed by atoms with E-state index in [1.54, 1.807) is 30.6 Å². The molecule has 34 heavy (non-hydrogen) atoms. The van der Waals surface area contributed by atoms with E-state index in [1.165, 1.54) is 46.9 Å². The standard InChI is InChI=1S/C21H19N5O5S3/c27-19(24-11-15(20(28)29)26-34(30,31)14-4-2-1-3-5-14)17-7-6-16(33-17)18-10-13(12-32-18)25-21-22-8-9-23-21/h1-10,12,15,26H,11H2,(H,24,27)(H,28,29)(H2,22,23,25)/t15-/m0/s1. The van der Waals surface area contributed by atoms with Gasteiger partial charge in [0.05, 0.1) is 15.5 Å². The van der Waals surface area contributed by atoms with Gasteiger partial charge in [0.1, 0.15) is 6.04 Å². The van der Waals surface area contributed by atoms with Crippen molar-refractivity contribution < 1.29 is 23.1 Å². The lowest BCUT2D eigenvalue weighted by atomic mass is 10.3. The number of carboxylic acids is 1. The molecule has 0 bridgehead atoms. The third-order valence-corrected chi connectivity index (χ3v) is 8.25. The van der Waals surface area contributed by atoms with Crippen LogP contribution in [0.2, 0.25) is 0 Å². The number of anilines is 2. The average molecular weight is 518 g/mol. The summed E-state index contributed by atoms with van der Waals surface area (Å²) in [5, 5.41) is 17.0. The van der Waals surface area contributed by atoms with Gasteiger partial charge in [-0.15, -0.1) is 22.7 Å². The Kier molecular flexibility index (Phi) is 7.07. The molecule has 1 atom stereocenters. The molecule has 0 unspecified atom stereocenters. The van der Waals surface area contributed by atoms with Crippen molar-refractivity contribution in [2.75, 3.05) is 11.9 Å². The molecule has 0 saturated carbocycles. The van der Waals surface area contributed by atoms with Gasteiger partial charge in [-0.3, -0.25) is 9.59 Å². The van der Waals surface area contributed by atoms with Crippen LogP contribution in [0.1, 0.15) is 9.67 Å². The van der Waals surface area contributed by atoms with Crippen molar-refractivity contribution in [3.8, 4) is 9.75 Å². The fourth-order valence-corrected chi connectivity index (χ4v) is 5.98. The van der Waals surface area contributed by atoms with Crippen LogP contribution in [0.15, 0.2) is 71.2 Å². The van der Waals surface area contributed by atoms with Gasteiger partial charge in [0.2, 0.25) is 16.0 Å². The van der Waals surface area contributed by atoms with Crippen LogP contribution in [-0.2, 0) is 14.8 Å². The van der Waals surface area contributed by atoms with E-state index >= 15 is 0 Å². The highest BCUT2D eigenvalue weighted by atomic mass is 32.2. The lowest BCUT2D eigenvalue weighted by molar-refractivity contribution is -0.138. The number of carbonyl (C=O) groups is 2. The van der Waals surface area contributed by atoms with Crippen molar-refractivity contribution in [3.05, 3.63) is 71.2 Å². The Labute approximate surface area is 202 Å². The molecule has 3 heterocycles.